The Kier molecular flexibility index (Phi) is 4.48. The Bertz CT molecular complexity index is 650. The van der Waals surface area contributed by atoms with E-state index < -0.39 is 5.82 Å². The first-order chi connectivity index (χ1) is 9.58. The molecule has 2 aromatic rings. The highest BCUT2D eigenvalue weighted by atomic mass is 35.5. The monoisotopic (exact) mass is 290 g/mol. The molecule has 0 aliphatic rings. The summed E-state index contributed by atoms with van der Waals surface area (Å²) in [6.45, 7) is 1.89. The summed E-state index contributed by atoms with van der Waals surface area (Å²) in [5.74, 6) is -0.858. The summed E-state index contributed by atoms with van der Waals surface area (Å²) < 4.78 is 13.5. The highest BCUT2D eigenvalue weighted by Gasteiger charge is 2.05. The Labute approximate surface area is 121 Å². The van der Waals surface area contributed by atoms with Gasteiger partial charge in [-0.2, -0.15) is 5.10 Å². The van der Waals surface area contributed by atoms with E-state index in [1.165, 1.54) is 18.3 Å². The smallest absolute Gasteiger partial charge is 0.267 e. The molecule has 0 aliphatic carbocycles. The van der Waals surface area contributed by atoms with E-state index in [2.05, 4.69) is 10.5 Å². The van der Waals surface area contributed by atoms with Crippen molar-refractivity contribution in [2.24, 2.45) is 5.10 Å². The summed E-state index contributed by atoms with van der Waals surface area (Å²) >= 11 is 5.84. The normalized spacial score (nSPS) is 10.8. The van der Waals surface area contributed by atoms with Gasteiger partial charge in [-0.15, -0.1) is 0 Å². The van der Waals surface area contributed by atoms with Crippen molar-refractivity contribution in [2.75, 3.05) is 0 Å². The quantitative estimate of drug-likeness (QED) is 0.681. The first kappa shape index (κ1) is 14.2. The molecule has 0 aliphatic heterocycles. The molecule has 0 fully saturated rings. The van der Waals surface area contributed by atoms with Crippen LogP contribution in [0.25, 0.3) is 0 Å². The standard InChI is InChI=1S/C15H12ClFN2O/c1-10-4-2-5-11(8-10)15(20)19-18-9-12-13(16)6-3-7-14(12)17/h2-9H,1H3,(H,19,20). The van der Waals surface area contributed by atoms with Gasteiger partial charge in [-0.3, -0.25) is 4.79 Å². The number of hydrogen-bond donors (Lipinski definition) is 1. The van der Waals surface area contributed by atoms with Gasteiger partial charge in [0.2, 0.25) is 0 Å². The predicted octanol–water partition coefficient (Wildman–Crippen LogP) is 3.55. The molecule has 0 spiro atoms. The van der Waals surface area contributed by atoms with Crippen molar-refractivity contribution in [2.45, 2.75) is 6.92 Å². The Morgan fingerprint density at radius 3 is 2.75 bits per heavy atom. The number of carbonyl (C=O) groups is 1. The maximum Gasteiger partial charge on any atom is 0.271 e. The number of amides is 1. The van der Waals surface area contributed by atoms with Crippen molar-refractivity contribution < 1.29 is 9.18 Å². The molecule has 0 aromatic heterocycles. The van der Waals surface area contributed by atoms with Gasteiger partial charge < -0.3 is 0 Å². The maximum absolute atomic E-state index is 13.5. The van der Waals surface area contributed by atoms with Gasteiger partial charge in [0.1, 0.15) is 5.82 Å². The minimum Gasteiger partial charge on any atom is -0.267 e. The fourth-order valence-electron chi connectivity index (χ4n) is 1.64. The van der Waals surface area contributed by atoms with Gasteiger partial charge in [0.25, 0.3) is 5.91 Å². The first-order valence-electron chi connectivity index (χ1n) is 5.92. The number of nitrogens with one attached hydrogen (secondary N) is 1. The summed E-state index contributed by atoms with van der Waals surface area (Å²) in [6.07, 6.45) is 1.19. The highest BCUT2D eigenvalue weighted by molar-refractivity contribution is 6.33. The second-order valence-corrected chi connectivity index (χ2v) is 4.61. The van der Waals surface area contributed by atoms with Crippen molar-refractivity contribution in [3.05, 3.63) is 70.0 Å². The number of benzene rings is 2. The molecule has 0 unspecified atom stereocenters. The van der Waals surface area contributed by atoms with E-state index in [0.717, 1.165) is 5.56 Å². The van der Waals surface area contributed by atoms with E-state index in [-0.39, 0.29) is 16.5 Å². The van der Waals surface area contributed by atoms with E-state index in [9.17, 15) is 9.18 Å². The molecule has 2 rings (SSSR count). The van der Waals surface area contributed by atoms with Crippen molar-refractivity contribution >= 4 is 23.7 Å². The molecule has 0 atom stereocenters. The van der Waals surface area contributed by atoms with Gasteiger partial charge in [-0.05, 0) is 31.2 Å². The average molecular weight is 291 g/mol. The van der Waals surface area contributed by atoms with Gasteiger partial charge in [-0.25, -0.2) is 9.82 Å². The van der Waals surface area contributed by atoms with Crippen molar-refractivity contribution in [3.8, 4) is 0 Å². The number of rotatable bonds is 3. The van der Waals surface area contributed by atoms with E-state index in [1.807, 2.05) is 13.0 Å². The van der Waals surface area contributed by atoms with Gasteiger partial charge in [-0.1, -0.05) is 35.4 Å². The van der Waals surface area contributed by atoms with Crippen LogP contribution in [0.15, 0.2) is 47.6 Å². The van der Waals surface area contributed by atoms with Crippen LogP contribution in [0.1, 0.15) is 21.5 Å². The summed E-state index contributed by atoms with van der Waals surface area (Å²) in [5.41, 5.74) is 3.93. The van der Waals surface area contributed by atoms with Crippen LogP contribution in [-0.4, -0.2) is 12.1 Å². The molecule has 1 N–H and O–H groups in total. The molecule has 1 amide bonds. The van der Waals surface area contributed by atoms with E-state index in [1.54, 1.807) is 24.3 Å². The number of nitrogens with zero attached hydrogens (tertiary/aromatic N) is 1. The number of hydrazone groups is 1. The third kappa shape index (κ3) is 3.42. The molecular weight excluding hydrogens is 279 g/mol. The lowest BCUT2D eigenvalue weighted by Crippen LogP contribution is -2.17. The van der Waals surface area contributed by atoms with Gasteiger partial charge in [0, 0.05) is 11.1 Å². The summed E-state index contributed by atoms with van der Waals surface area (Å²) in [4.78, 5) is 11.8. The number of hydrogen-bond acceptors (Lipinski definition) is 2. The van der Waals surface area contributed by atoms with Gasteiger partial charge >= 0.3 is 0 Å². The molecule has 3 nitrogen and oxygen atoms in total. The second-order valence-electron chi connectivity index (χ2n) is 4.20. The third-order valence-electron chi connectivity index (χ3n) is 2.64. The number of carbonyl (C=O) groups excluding carboxylic acids is 1. The van der Waals surface area contributed by atoms with Crippen LogP contribution < -0.4 is 5.43 Å². The molecule has 102 valence electrons. The molecule has 5 heteroatoms. The van der Waals surface area contributed by atoms with Crippen molar-refractivity contribution in [3.63, 3.8) is 0 Å². The molecule has 0 radical (unpaired) electrons. The number of aryl methyl sites for hydroxylation is 1. The Balaban J connectivity index is 2.09. The number of halogens is 2. The van der Waals surface area contributed by atoms with Crippen molar-refractivity contribution in [1.82, 2.24) is 5.43 Å². The summed E-state index contributed by atoms with van der Waals surface area (Å²) in [5, 5.41) is 3.96. The SMILES string of the molecule is Cc1cccc(C(=O)NN=Cc2c(F)cccc2Cl)c1. The van der Waals surface area contributed by atoms with Gasteiger partial charge in [0.05, 0.1) is 11.2 Å². The maximum atomic E-state index is 13.5. The zero-order valence-corrected chi connectivity index (χ0v) is 11.5. The Morgan fingerprint density at radius 1 is 1.30 bits per heavy atom. The molecule has 0 saturated carbocycles. The molecule has 0 bridgehead atoms. The Hall–Kier alpha value is -2.20. The lowest BCUT2D eigenvalue weighted by molar-refractivity contribution is 0.0955. The largest absolute Gasteiger partial charge is 0.271 e. The lowest BCUT2D eigenvalue weighted by atomic mass is 10.1. The molecule has 20 heavy (non-hydrogen) atoms. The zero-order chi connectivity index (χ0) is 14.5. The fraction of sp³-hybridized carbons (Fsp3) is 0.0667. The van der Waals surface area contributed by atoms with Gasteiger partial charge in [0.15, 0.2) is 0 Å². The molecular formula is C15H12ClFN2O. The zero-order valence-electron chi connectivity index (χ0n) is 10.7. The average Bonchev–Trinajstić information content (AvgIpc) is 2.42. The highest BCUT2D eigenvalue weighted by Crippen LogP contribution is 2.16. The molecule has 0 saturated heterocycles. The molecule has 2 aromatic carbocycles. The summed E-state index contributed by atoms with van der Waals surface area (Å²) in [7, 11) is 0. The Morgan fingerprint density at radius 2 is 2.05 bits per heavy atom. The van der Waals surface area contributed by atoms with Crippen LogP contribution in [0.3, 0.4) is 0 Å². The van der Waals surface area contributed by atoms with Crippen LogP contribution in [-0.2, 0) is 0 Å². The minimum atomic E-state index is -0.494. The second kappa shape index (κ2) is 6.30. The van der Waals surface area contributed by atoms with Crippen molar-refractivity contribution in [1.29, 1.82) is 0 Å². The first-order valence-corrected chi connectivity index (χ1v) is 6.30. The molecule has 0 heterocycles. The lowest BCUT2D eigenvalue weighted by Gasteiger charge is -2.02. The van der Waals surface area contributed by atoms with Crippen LogP contribution >= 0.6 is 11.6 Å². The van der Waals surface area contributed by atoms with Crippen LogP contribution in [0.4, 0.5) is 4.39 Å². The van der Waals surface area contributed by atoms with Crippen LogP contribution in [0, 0.1) is 12.7 Å². The van der Waals surface area contributed by atoms with Crippen LogP contribution in [0.2, 0.25) is 5.02 Å². The fourth-order valence-corrected chi connectivity index (χ4v) is 1.85. The minimum absolute atomic E-state index is 0.138. The van der Waals surface area contributed by atoms with Crippen LogP contribution in [0.5, 0.6) is 0 Å². The topological polar surface area (TPSA) is 41.5 Å². The summed E-state index contributed by atoms with van der Waals surface area (Å²) in [6, 6.07) is 11.4. The van der Waals surface area contributed by atoms with E-state index in [4.69, 9.17) is 11.6 Å². The predicted molar refractivity (Wildman–Crippen MR) is 77.6 cm³/mol. The van der Waals surface area contributed by atoms with E-state index >= 15 is 0 Å². The van der Waals surface area contributed by atoms with E-state index in [0.29, 0.717) is 5.56 Å². The third-order valence-corrected chi connectivity index (χ3v) is 2.97.